The number of hydrogen-bond acceptors (Lipinski definition) is 7. The number of aromatic nitrogens is 2. The van der Waals surface area contributed by atoms with Gasteiger partial charge in [-0.25, -0.2) is 4.98 Å². The topological polar surface area (TPSA) is 92.6 Å². The molecule has 3 aromatic rings. The zero-order valence-electron chi connectivity index (χ0n) is 18.8. The Hall–Kier alpha value is -3.52. The maximum atomic E-state index is 13.3. The molecule has 0 spiro atoms. The normalized spacial score (nSPS) is 20.6. The standard InChI is InChI=1S/C26H25N3O4S/c1-33-19-11-9-17(10-12-19)23(30)21-22(16-6-3-2-4-7-16)29(25(32)24(21)31)26-28-20(15-34-26)18-8-5-13-27-14-18/h5,8-16,22,30H,2-4,6-7H2,1H3. The van der Waals surface area contributed by atoms with Crippen LogP contribution in [0.4, 0.5) is 5.13 Å². The van der Waals surface area contributed by atoms with Crippen LogP contribution in [0.15, 0.2) is 59.7 Å². The number of methoxy groups -OCH3 is 1. The minimum Gasteiger partial charge on any atom is -0.507 e. The van der Waals surface area contributed by atoms with Crippen molar-refractivity contribution in [1.82, 2.24) is 9.97 Å². The van der Waals surface area contributed by atoms with E-state index in [1.54, 1.807) is 43.8 Å². The fourth-order valence-corrected chi connectivity index (χ4v) is 5.76. The molecule has 1 N–H and O–H groups in total. The average molecular weight is 476 g/mol. The van der Waals surface area contributed by atoms with E-state index in [0.717, 1.165) is 37.7 Å². The smallest absolute Gasteiger partial charge is 0.301 e. The van der Waals surface area contributed by atoms with Crippen molar-refractivity contribution in [3.8, 4) is 17.0 Å². The minimum absolute atomic E-state index is 0.0743. The van der Waals surface area contributed by atoms with Crippen LogP contribution in [-0.2, 0) is 9.59 Å². The van der Waals surface area contributed by atoms with Crippen molar-refractivity contribution in [3.05, 3.63) is 65.3 Å². The van der Waals surface area contributed by atoms with Gasteiger partial charge in [-0.2, -0.15) is 0 Å². The Morgan fingerprint density at radius 1 is 1.12 bits per heavy atom. The first-order valence-corrected chi connectivity index (χ1v) is 12.3. The molecule has 0 bridgehead atoms. The molecule has 174 valence electrons. The Morgan fingerprint density at radius 3 is 2.56 bits per heavy atom. The number of carbonyl (C=O) groups excluding carboxylic acids is 2. The lowest BCUT2D eigenvalue weighted by molar-refractivity contribution is -0.132. The molecule has 1 saturated carbocycles. The summed E-state index contributed by atoms with van der Waals surface area (Å²) in [4.78, 5) is 37.0. The van der Waals surface area contributed by atoms with E-state index in [-0.39, 0.29) is 17.3 Å². The largest absolute Gasteiger partial charge is 0.507 e. The molecule has 1 unspecified atom stereocenters. The molecule has 0 radical (unpaired) electrons. The number of anilines is 1. The molecule has 1 amide bonds. The minimum atomic E-state index is -0.665. The van der Waals surface area contributed by atoms with E-state index in [1.165, 1.54) is 16.2 Å². The van der Waals surface area contributed by atoms with Gasteiger partial charge in [-0.15, -0.1) is 11.3 Å². The summed E-state index contributed by atoms with van der Waals surface area (Å²) in [6, 6.07) is 10.0. The summed E-state index contributed by atoms with van der Waals surface area (Å²) in [6.07, 6.45) is 8.40. The van der Waals surface area contributed by atoms with E-state index < -0.39 is 17.7 Å². The third kappa shape index (κ3) is 3.98. The highest BCUT2D eigenvalue weighted by molar-refractivity contribution is 7.14. The Kier molecular flexibility index (Phi) is 6.15. The van der Waals surface area contributed by atoms with Gasteiger partial charge in [-0.3, -0.25) is 19.5 Å². The molecule has 2 fully saturated rings. The fourth-order valence-electron chi connectivity index (χ4n) is 4.89. The second-order valence-electron chi connectivity index (χ2n) is 8.60. The number of hydrogen-bond donors (Lipinski definition) is 1. The van der Waals surface area contributed by atoms with Crippen LogP contribution in [0.25, 0.3) is 17.0 Å². The van der Waals surface area contributed by atoms with E-state index >= 15 is 0 Å². The zero-order valence-corrected chi connectivity index (χ0v) is 19.6. The first-order valence-electron chi connectivity index (χ1n) is 11.4. The van der Waals surface area contributed by atoms with E-state index in [1.807, 2.05) is 17.5 Å². The Labute approximate surface area is 201 Å². The number of aliphatic hydroxyl groups excluding tert-OH is 1. The maximum absolute atomic E-state index is 13.3. The van der Waals surface area contributed by atoms with Crippen LogP contribution in [0.3, 0.4) is 0 Å². The van der Waals surface area contributed by atoms with Crippen LogP contribution in [-0.4, -0.2) is 39.9 Å². The number of benzene rings is 1. The predicted molar refractivity (Wildman–Crippen MR) is 131 cm³/mol. The van der Waals surface area contributed by atoms with Crippen LogP contribution in [0, 0.1) is 5.92 Å². The summed E-state index contributed by atoms with van der Waals surface area (Å²) in [7, 11) is 1.57. The number of Topliss-reactive ketones (excluding diaryl/α,β-unsaturated/α-hetero) is 1. The molecule has 1 atom stereocenters. The fraction of sp³-hybridized carbons (Fsp3) is 0.308. The van der Waals surface area contributed by atoms with Crippen molar-refractivity contribution in [2.45, 2.75) is 38.1 Å². The van der Waals surface area contributed by atoms with Crippen molar-refractivity contribution < 1.29 is 19.4 Å². The molecular formula is C26H25N3O4S. The van der Waals surface area contributed by atoms with Gasteiger partial charge in [0.1, 0.15) is 11.5 Å². The van der Waals surface area contributed by atoms with E-state index in [9.17, 15) is 14.7 Å². The summed E-state index contributed by atoms with van der Waals surface area (Å²) in [5.74, 6) is -0.736. The van der Waals surface area contributed by atoms with Crippen LogP contribution in [0.2, 0.25) is 0 Å². The molecule has 8 heteroatoms. The first-order chi connectivity index (χ1) is 16.6. The highest BCUT2D eigenvalue weighted by atomic mass is 32.1. The molecular weight excluding hydrogens is 450 g/mol. The lowest BCUT2D eigenvalue weighted by Crippen LogP contribution is -2.40. The van der Waals surface area contributed by atoms with E-state index in [2.05, 4.69) is 4.98 Å². The lowest BCUT2D eigenvalue weighted by atomic mass is 9.80. The summed E-state index contributed by atoms with van der Waals surface area (Å²) in [5.41, 5.74) is 2.19. The van der Waals surface area contributed by atoms with Gasteiger partial charge >= 0.3 is 5.91 Å². The lowest BCUT2D eigenvalue weighted by Gasteiger charge is -2.32. The third-order valence-electron chi connectivity index (χ3n) is 6.60. The second kappa shape index (κ2) is 9.38. The van der Waals surface area contributed by atoms with Crippen molar-refractivity contribution in [2.24, 2.45) is 5.92 Å². The average Bonchev–Trinajstić information content (AvgIpc) is 3.48. The number of amides is 1. The first kappa shape index (κ1) is 22.3. The predicted octanol–water partition coefficient (Wildman–Crippen LogP) is 5.05. The number of rotatable bonds is 5. The van der Waals surface area contributed by atoms with Gasteiger partial charge in [0.2, 0.25) is 0 Å². The summed E-state index contributed by atoms with van der Waals surface area (Å²) < 4.78 is 5.20. The second-order valence-corrected chi connectivity index (χ2v) is 9.43. The van der Waals surface area contributed by atoms with Crippen molar-refractivity contribution in [2.75, 3.05) is 12.0 Å². The van der Waals surface area contributed by atoms with Gasteiger partial charge in [0.05, 0.1) is 24.4 Å². The number of nitrogens with zero attached hydrogens (tertiary/aromatic N) is 3. The van der Waals surface area contributed by atoms with Crippen molar-refractivity contribution in [1.29, 1.82) is 0 Å². The van der Waals surface area contributed by atoms with Gasteiger partial charge in [0, 0.05) is 28.9 Å². The third-order valence-corrected chi connectivity index (χ3v) is 7.44. The van der Waals surface area contributed by atoms with Crippen LogP contribution in [0.1, 0.15) is 37.7 Å². The van der Waals surface area contributed by atoms with E-state index in [0.29, 0.717) is 22.1 Å². The van der Waals surface area contributed by atoms with E-state index in [4.69, 9.17) is 9.72 Å². The van der Waals surface area contributed by atoms with Crippen molar-refractivity contribution >= 4 is 33.9 Å². The van der Waals surface area contributed by atoms with Gasteiger partial charge in [0.15, 0.2) is 5.13 Å². The molecule has 1 aromatic carbocycles. The van der Waals surface area contributed by atoms with Crippen LogP contribution < -0.4 is 9.64 Å². The summed E-state index contributed by atoms with van der Waals surface area (Å²) in [6.45, 7) is 0. The zero-order chi connectivity index (χ0) is 23.7. The molecule has 5 rings (SSSR count). The highest BCUT2D eigenvalue weighted by Crippen LogP contribution is 2.42. The van der Waals surface area contributed by atoms with Gasteiger partial charge < -0.3 is 9.84 Å². The molecule has 3 heterocycles. The Morgan fingerprint density at radius 2 is 1.88 bits per heavy atom. The van der Waals surface area contributed by atoms with Gasteiger partial charge in [0.25, 0.3) is 5.78 Å². The van der Waals surface area contributed by atoms with Crippen molar-refractivity contribution in [3.63, 3.8) is 0 Å². The summed E-state index contributed by atoms with van der Waals surface area (Å²) in [5, 5.41) is 13.6. The number of ether oxygens (including phenoxy) is 1. The molecule has 34 heavy (non-hydrogen) atoms. The SMILES string of the molecule is COc1ccc(C(O)=C2C(=O)C(=O)N(c3nc(-c4cccnc4)cs3)C2C2CCCCC2)cc1. The molecule has 7 nitrogen and oxygen atoms in total. The Bertz CT molecular complexity index is 1230. The molecule has 1 aliphatic carbocycles. The molecule has 1 aliphatic heterocycles. The molecule has 1 saturated heterocycles. The molecule has 2 aliphatic rings. The number of carbonyl (C=O) groups is 2. The van der Waals surface area contributed by atoms with Crippen LogP contribution >= 0.6 is 11.3 Å². The number of thiazole rings is 1. The monoisotopic (exact) mass is 475 g/mol. The number of ketones is 1. The molecule has 2 aromatic heterocycles. The maximum Gasteiger partial charge on any atom is 0.301 e. The van der Waals surface area contributed by atoms with Gasteiger partial charge in [-0.1, -0.05) is 19.3 Å². The number of aliphatic hydroxyl groups is 1. The Balaban J connectivity index is 1.59. The van der Waals surface area contributed by atoms with Crippen LogP contribution in [0.5, 0.6) is 5.75 Å². The van der Waals surface area contributed by atoms with Gasteiger partial charge in [-0.05, 0) is 55.2 Å². The highest BCUT2D eigenvalue weighted by Gasteiger charge is 2.50. The quantitative estimate of drug-likeness (QED) is 0.315. The number of pyridine rings is 1. The summed E-state index contributed by atoms with van der Waals surface area (Å²) >= 11 is 1.32.